The number of benzene rings is 1. The Morgan fingerprint density at radius 1 is 1.30 bits per heavy atom. The van der Waals surface area contributed by atoms with Gasteiger partial charge in [-0.15, -0.1) is 0 Å². The molecule has 1 heterocycles. The molecule has 20 heavy (non-hydrogen) atoms. The smallest absolute Gasteiger partial charge is 0.178 e. The van der Waals surface area contributed by atoms with Crippen molar-refractivity contribution in [2.24, 2.45) is 0 Å². The molecule has 0 spiro atoms. The van der Waals surface area contributed by atoms with Crippen molar-refractivity contribution in [1.29, 1.82) is 0 Å². The van der Waals surface area contributed by atoms with Gasteiger partial charge in [-0.05, 0) is 43.4 Å². The van der Waals surface area contributed by atoms with E-state index in [0.29, 0.717) is 14.8 Å². The maximum Gasteiger partial charge on any atom is 0.178 e. The van der Waals surface area contributed by atoms with Gasteiger partial charge in [0.2, 0.25) is 0 Å². The van der Waals surface area contributed by atoms with Gasteiger partial charge < -0.3 is 9.55 Å². The molecule has 1 aromatic carbocycles. The van der Waals surface area contributed by atoms with Gasteiger partial charge in [0.1, 0.15) is 0 Å². The highest BCUT2D eigenvalue weighted by molar-refractivity contribution is 8.00. The number of hydrogen-bond donors (Lipinski definition) is 1. The van der Waals surface area contributed by atoms with Gasteiger partial charge in [0.25, 0.3) is 0 Å². The molecule has 0 saturated heterocycles. The SMILES string of the molecule is CSC1(Cn2c(=S)[nH]c3cc(Cl)c(Cl)cc32)CCCC1. The summed E-state index contributed by atoms with van der Waals surface area (Å²) in [5.41, 5.74) is 2.00. The number of imidazole rings is 1. The Labute approximate surface area is 137 Å². The standard InChI is InChI=1S/C14H16Cl2N2S2/c1-20-14(4-2-3-5-14)8-18-12-7-10(16)9(15)6-11(12)17-13(18)19/h6-7H,2-5,8H2,1H3,(H,17,19). The van der Waals surface area contributed by atoms with Gasteiger partial charge in [-0.25, -0.2) is 0 Å². The van der Waals surface area contributed by atoms with Gasteiger partial charge in [-0.1, -0.05) is 36.0 Å². The first-order valence-corrected chi connectivity index (χ1v) is 9.06. The third-order valence-electron chi connectivity index (χ3n) is 4.21. The average Bonchev–Trinajstić information content (AvgIpc) is 2.99. The predicted molar refractivity (Wildman–Crippen MR) is 91.9 cm³/mol. The third-order valence-corrected chi connectivity index (χ3v) is 6.66. The Hall–Kier alpha value is -0.160. The first kappa shape index (κ1) is 14.8. The van der Waals surface area contributed by atoms with E-state index < -0.39 is 0 Å². The second-order valence-electron chi connectivity index (χ2n) is 5.39. The Kier molecular flexibility index (Phi) is 4.10. The minimum absolute atomic E-state index is 0.305. The zero-order valence-corrected chi connectivity index (χ0v) is 14.4. The van der Waals surface area contributed by atoms with Crippen LogP contribution in [0, 0.1) is 4.77 Å². The third kappa shape index (κ3) is 2.52. The predicted octanol–water partition coefficient (Wildman–Crippen LogP) is 5.68. The van der Waals surface area contributed by atoms with Crippen molar-refractivity contribution in [2.45, 2.75) is 37.0 Å². The molecule has 0 bridgehead atoms. The summed E-state index contributed by atoms with van der Waals surface area (Å²) in [4.78, 5) is 3.24. The minimum atomic E-state index is 0.305. The van der Waals surface area contributed by atoms with Crippen LogP contribution in [-0.4, -0.2) is 20.6 Å². The molecule has 0 atom stereocenters. The van der Waals surface area contributed by atoms with Gasteiger partial charge >= 0.3 is 0 Å². The lowest BCUT2D eigenvalue weighted by molar-refractivity contribution is 0.510. The molecule has 0 radical (unpaired) electrons. The van der Waals surface area contributed by atoms with Crippen LogP contribution < -0.4 is 0 Å². The van der Waals surface area contributed by atoms with Crippen LogP contribution in [0.4, 0.5) is 0 Å². The van der Waals surface area contributed by atoms with Crippen molar-refractivity contribution in [3.05, 3.63) is 26.9 Å². The van der Waals surface area contributed by atoms with Crippen molar-refractivity contribution < 1.29 is 0 Å². The fraction of sp³-hybridized carbons (Fsp3) is 0.500. The molecular formula is C14H16Cl2N2S2. The maximum atomic E-state index is 6.16. The van der Waals surface area contributed by atoms with E-state index in [1.807, 2.05) is 23.9 Å². The van der Waals surface area contributed by atoms with Crippen molar-refractivity contribution >= 4 is 58.2 Å². The van der Waals surface area contributed by atoms with Crippen LogP contribution in [0.15, 0.2) is 12.1 Å². The monoisotopic (exact) mass is 346 g/mol. The highest BCUT2D eigenvalue weighted by Crippen LogP contribution is 2.42. The van der Waals surface area contributed by atoms with Crippen LogP contribution in [0.5, 0.6) is 0 Å². The minimum Gasteiger partial charge on any atom is -0.331 e. The fourth-order valence-corrected chi connectivity index (χ4v) is 4.59. The number of thioether (sulfide) groups is 1. The molecule has 108 valence electrons. The zero-order chi connectivity index (χ0) is 14.3. The molecule has 1 aliphatic carbocycles. The van der Waals surface area contributed by atoms with Gasteiger partial charge in [-0.2, -0.15) is 11.8 Å². The molecule has 1 saturated carbocycles. The Morgan fingerprint density at radius 2 is 1.95 bits per heavy atom. The lowest BCUT2D eigenvalue weighted by atomic mass is 10.1. The summed E-state index contributed by atoms with van der Waals surface area (Å²) >= 11 is 19.7. The first-order chi connectivity index (χ1) is 9.54. The summed E-state index contributed by atoms with van der Waals surface area (Å²) in [6.07, 6.45) is 7.33. The molecule has 3 rings (SSSR count). The average molecular weight is 347 g/mol. The number of nitrogens with one attached hydrogen (secondary N) is 1. The highest BCUT2D eigenvalue weighted by Gasteiger charge is 2.34. The van der Waals surface area contributed by atoms with E-state index in [0.717, 1.165) is 22.3 Å². The summed E-state index contributed by atoms with van der Waals surface area (Å²) in [5, 5.41) is 1.13. The van der Waals surface area contributed by atoms with Crippen LogP contribution in [-0.2, 0) is 6.54 Å². The van der Waals surface area contributed by atoms with Crippen molar-refractivity contribution in [3.63, 3.8) is 0 Å². The quantitative estimate of drug-likeness (QED) is 0.721. The normalized spacial score (nSPS) is 17.9. The molecular weight excluding hydrogens is 331 g/mol. The van der Waals surface area contributed by atoms with E-state index in [-0.39, 0.29) is 0 Å². The topological polar surface area (TPSA) is 20.7 Å². The molecule has 1 aliphatic rings. The number of aromatic amines is 1. The maximum absolute atomic E-state index is 6.16. The van der Waals surface area contributed by atoms with Crippen LogP contribution in [0.3, 0.4) is 0 Å². The number of halogens is 2. The Balaban J connectivity index is 2.09. The number of fused-ring (bicyclic) bond motifs is 1. The Morgan fingerprint density at radius 3 is 2.60 bits per heavy atom. The molecule has 0 aliphatic heterocycles. The van der Waals surface area contributed by atoms with Crippen molar-refractivity contribution in [3.8, 4) is 0 Å². The zero-order valence-electron chi connectivity index (χ0n) is 11.2. The molecule has 1 aromatic heterocycles. The van der Waals surface area contributed by atoms with E-state index in [1.54, 1.807) is 0 Å². The van der Waals surface area contributed by atoms with Gasteiger partial charge in [0.05, 0.1) is 21.1 Å². The lowest BCUT2D eigenvalue weighted by Gasteiger charge is -2.27. The molecule has 0 unspecified atom stereocenters. The molecule has 1 fully saturated rings. The molecule has 1 N–H and O–H groups in total. The highest BCUT2D eigenvalue weighted by atomic mass is 35.5. The number of hydrogen-bond acceptors (Lipinski definition) is 2. The van der Waals surface area contributed by atoms with Crippen LogP contribution in [0.25, 0.3) is 11.0 Å². The summed E-state index contributed by atoms with van der Waals surface area (Å²) in [6, 6.07) is 3.76. The van der Waals surface area contributed by atoms with Crippen LogP contribution in [0.1, 0.15) is 25.7 Å². The lowest BCUT2D eigenvalue weighted by Crippen LogP contribution is -2.26. The Bertz CT molecular complexity index is 699. The van der Waals surface area contributed by atoms with E-state index in [4.69, 9.17) is 35.4 Å². The number of aromatic nitrogens is 2. The van der Waals surface area contributed by atoms with E-state index >= 15 is 0 Å². The van der Waals surface area contributed by atoms with E-state index in [9.17, 15) is 0 Å². The molecule has 0 amide bonds. The summed E-state index contributed by atoms with van der Waals surface area (Å²) in [7, 11) is 0. The van der Waals surface area contributed by atoms with Crippen molar-refractivity contribution in [1.82, 2.24) is 9.55 Å². The fourth-order valence-electron chi connectivity index (χ4n) is 3.04. The summed E-state index contributed by atoms with van der Waals surface area (Å²) in [6.45, 7) is 0.935. The second-order valence-corrected chi connectivity index (χ2v) is 7.87. The van der Waals surface area contributed by atoms with Gasteiger partial charge in [-0.3, -0.25) is 0 Å². The first-order valence-electron chi connectivity index (χ1n) is 6.67. The second kappa shape index (κ2) is 5.56. The molecule has 2 nitrogen and oxygen atoms in total. The molecule has 6 heteroatoms. The van der Waals surface area contributed by atoms with Gasteiger partial charge in [0.15, 0.2) is 4.77 Å². The molecule has 2 aromatic rings. The van der Waals surface area contributed by atoms with Gasteiger partial charge in [0, 0.05) is 11.3 Å². The van der Waals surface area contributed by atoms with Crippen LogP contribution >= 0.6 is 47.2 Å². The van der Waals surface area contributed by atoms with Crippen LogP contribution in [0.2, 0.25) is 10.0 Å². The number of H-pyrrole nitrogens is 1. The van der Waals surface area contributed by atoms with E-state index in [1.165, 1.54) is 25.7 Å². The number of nitrogens with zero attached hydrogens (tertiary/aromatic N) is 1. The summed E-state index contributed by atoms with van der Waals surface area (Å²) in [5.74, 6) is 0. The van der Waals surface area contributed by atoms with E-state index in [2.05, 4.69) is 15.8 Å². The van der Waals surface area contributed by atoms with Crippen molar-refractivity contribution in [2.75, 3.05) is 6.26 Å². The largest absolute Gasteiger partial charge is 0.331 e. The summed E-state index contributed by atoms with van der Waals surface area (Å²) < 4.78 is 3.23. The number of rotatable bonds is 3.